The molecule has 0 aliphatic rings. The summed E-state index contributed by atoms with van der Waals surface area (Å²) >= 11 is 0. The second-order valence-corrected chi connectivity index (χ2v) is 4.37. The highest BCUT2D eigenvalue weighted by Gasteiger charge is 2.16. The van der Waals surface area contributed by atoms with Crippen LogP contribution < -0.4 is 0 Å². The minimum Gasteiger partial charge on any atom is -0.463 e. The van der Waals surface area contributed by atoms with Gasteiger partial charge in [0.2, 0.25) is 5.82 Å². The van der Waals surface area contributed by atoms with E-state index in [4.69, 9.17) is 0 Å². The molecule has 0 aliphatic heterocycles. The van der Waals surface area contributed by atoms with Gasteiger partial charge in [0, 0.05) is 11.3 Å². The van der Waals surface area contributed by atoms with Crippen LogP contribution in [0.3, 0.4) is 0 Å². The summed E-state index contributed by atoms with van der Waals surface area (Å²) in [5.74, 6) is -0.208. The van der Waals surface area contributed by atoms with Gasteiger partial charge in [-0.25, -0.2) is 9.78 Å². The Morgan fingerprint density at radius 3 is 2.67 bits per heavy atom. The van der Waals surface area contributed by atoms with Crippen molar-refractivity contribution in [3.8, 4) is 11.3 Å². The number of aryl methyl sites for hydroxylation is 3. The lowest BCUT2D eigenvalue weighted by Gasteiger charge is -2.05. The van der Waals surface area contributed by atoms with Crippen molar-refractivity contribution in [2.75, 3.05) is 7.11 Å². The Morgan fingerprint density at radius 2 is 2.00 bits per heavy atom. The van der Waals surface area contributed by atoms with Crippen LogP contribution in [-0.4, -0.2) is 23.0 Å². The number of ether oxygens (including phenoxy) is 1. The van der Waals surface area contributed by atoms with Gasteiger partial charge < -0.3 is 9.72 Å². The lowest BCUT2D eigenvalue weighted by molar-refractivity contribution is 0.0588. The van der Waals surface area contributed by atoms with E-state index in [0.717, 1.165) is 28.1 Å². The van der Waals surface area contributed by atoms with Crippen molar-refractivity contribution in [2.45, 2.75) is 20.8 Å². The number of imidazole rings is 1. The van der Waals surface area contributed by atoms with Gasteiger partial charge >= 0.3 is 5.97 Å². The normalized spacial score (nSPS) is 10.4. The molecule has 4 heteroatoms. The topological polar surface area (TPSA) is 55.0 Å². The van der Waals surface area contributed by atoms with Gasteiger partial charge in [0.15, 0.2) is 0 Å². The van der Waals surface area contributed by atoms with Gasteiger partial charge in [-0.15, -0.1) is 0 Å². The van der Waals surface area contributed by atoms with Gasteiger partial charge in [-0.3, -0.25) is 0 Å². The van der Waals surface area contributed by atoms with Crippen LogP contribution in [0, 0.1) is 20.8 Å². The smallest absolute Gasteiger partial charge is 0.374 e. The number of benzene rings is 1. The predicted molar refractivity (Wildman–Crippen MR) is 69.6 cm³/mol. The van der Waals surface area contributed by atoms with Crippen molar-refractivity contribution in [3.63, 3.8) is 0 Å². The molecule has 1 heterocycles. The minimum atomic E-state index is -0.449. The summed E-state index contributed by atoms with van der Waals surface area (Å²) in [4.78, 5) is 18.7. The van der Waals surface area contributed by atoms with E-state index in [2.05, 4.69) is 32.9 Å². The zero-order valence-corrected chi connectivity index (χ0v) is 11.0. The number of nitrogens with zero attached hydrogens (tertiary/aromatic N) is 1. The minimum absolute atomic E-state index is 0.242. The van der Waals surface area contributed by atoms with Crippen molar-refractivity contribution < 1.29 is 9.53 Å². The Morgan fingerprint density at radius 1 is 1.28 bits per heavy atom. The van der Waals surface area contributed by atoms with Crippen LogP contribution in [0.5, 0.6) is 0 Å². The molecule has 0 atom stereocenters. The van der Waals surface area contributed by atoms with E-state index in [9.17, 15) is 4.79 Å². The highest BCUT2D eigenvalue weighted by atomic mass is 16.5. The quantitative estimate of drug-likeness (QED) is 0.826. The molecule has 0 saturated carbocycles. The third kappa shape index (κ3) is 2.14. The van der Waals surface area contributed by atoms with Gasteiger partial charge in [0.25, 0.3) is 0 Å². The number of carbonyl (C=O) groups is 1. The van der Waals surface area contributed by atoms with Gasteiger partial charge in [-0.2, -0.15) is 0 Å². The van der Waals surface area contributed by atoms with Crippen LogP contribution in [0.2, 0.25) is 0 Å². The molecule has 0 saturated heterocycles. The van der Waals surface area contributed by atoms with E-state index in [1.54, 1.807) is 0 Å². The van der Waals surface area contributed by atoms with Crippen molar-refractivity contribution in [3.05, 3.63) is 40.8 Å². The third-order valence-electron chi connectivity index (χ3n) is 2.91. The first-order valence-corrected chi connectivity index (χ1v) is 5.75. The Kier molecular flexibility index (Phi) is 3.19. The van der Waals surface area contributed by atoms with Crippen molar-refractivity contribution in [2.24, 2.45) is 0 Å². The second kappa shape index (κ2) is 4.64. The summed E-state index contributed by atoms with van der Waals surface area (Å²) in [6.45, 7) is 5.96. The number of carbonyl (C=O) groups excluding carboxylic acids is 1. The maximum atomic E-state index is 11.4. The van der Waals surface area contributed by atoms with Gasteiger partial charge in [-0.05, 0) is 32.4 Å². The van der Waals surface area contributed by atoms with Crippen molar-refractivity contribution in [1.82, 2.24) is 9.97 Å². The number of esters is 1. The molecule has 2 aromatic rings. The van der Waals surface area contributed by atoms with E-state index >= 15 is 0 Å². The van der Waals surface area contributed by atoms with Crippen molar-refractivity contribution in [1.29, 1.82) is 0 Å². The van der Waals surface area contributed by atoms with Crippen LogP contribution in [0.15, 0.2) is 18.2 Å². The molecule has 4 nitrogen and oxygen atoms in total. The summed E-state index contributed by atoms with van der Waals surface area (Å²) in [5.41, 5.74) is 5.00. The Balaban J connectivity index is 2.54. The third-order valence-corrected chi connectivity index (χ3v) is 2.91. The van der Waals surface area contributed by atoms with Crippen LogP contribution in [-0.2, 0) is 4.74 Å². The molecule has 1 aromatic heterocycles. The van der Waals surface area contributed by atoms with E-state index in [0.29, 0.717) is 0 Å². The molecule has 0 aliphatic carbocycles. The second-order valence-electron chi connectivity index (χ2n) is 4.37. The average molecular weight is 244 g/mol. The molecule has 0 fully saturated rings. The fraction of sp³-hybridized carbons (Fsp3) is 0.286. The van der Waals surface area contributed by atoms with Gasteiger partial charge in [-0.1, -0.05) is 17.7 Å². The molecular weight excluding hydrogens is 228 g/mol. The summed E-state index contributed by atoms with van der Waals surface area (Å²) in [5, 5.41) is 0. The van der Waals surface area contributed by atoms with E-state index in [1.165, 1.54) is 7.11 Å². The summed E-state index contributed by atoms with van der Waals surface area (Å²) in [7, 11) is 1.35. The number of rotatable bonds is 2. The zero-order valence-electron chi connectivity index (χ0n) is 11.0. The lowest BCUT2D eigenvalue weighted by Crippen LogP contribution is -2.03. The number of aromatic amines is 1. The number of methoxy groups -OCH3 is 1. The van der Waals surface area contributed by atoms with E-state index in [1.807, 2.05) is 20.8 Å². The van der Waals surface area contributed by atoms with Crippen LogP contribution in [0.25, 0.3) is 11.3 Å². The molecule has 1 N–H and O–H groups in total. The standard InChI is InChI=1S/C14H16N2O2/c1-8-5-6-9(2)11(7-8)12-10(3)15-13(16-12)14(17)18-4/h5-7H,1-4H3,(H,15,16). The number of hydrogen-bond acceptors (Lipinski definition) is 3. The molecule has 0 radical (unpaired) electrons. The van der Waals surface area contributed by atoms with Crippen molar-refractivity contribution >= 4 is 5.97 Å². The molecule has 94 valence electrons. The predicted octanol–water partition coefficient (Wildman–Crippen LogP) is 2.79. The number of aromatic nitrogens is 2. The van der Waals surface area contributed by atoms with Crippen LogP contribution >= 0.6 is 0 Å². The Bertz CT molecular complexity index is 600. The first-order chi connectivity index (χ1) is 8.52. The zero-order chi connectivity index (χ0) is 13.3. The fourth-order valence-electron chi connectivity index (χ4n) is 1.91. The molecule has 0 amide bonds. The highest BCUT2D eigenvalue weighted by molar-refractivity contribution is 5.86. The molecule has 2 rings (SSSR count). The Labute approximate surface area is 106 Å². The first kappa shape index (κ1) is 12.4. The average Bonchev–Trinajstić information content (AvgIpc) is 2.73. The van der Waals surface area contributed by atoms with Gasteiger partial charge in [0.05, 0.1) is 12.8 Å². The summed E-state index contributed by atoms with van der Waals surface area (Å²) < 4.78 is 4.66. The maximum absolute atomic E-state index is 11.4. The number of H-pyrrole nitrogens is 1. The molecule has 18 heavy (non-hydrogen) atoms. The lowest BCUT2D eigenvalue weighted by atomic mass is 10.0. The summed E-state index contributed by atoms with van der Waals surface area (Å²) in [6, 6.07) is 6.18. The monoisotopic (exact) mass is 244 g/mol. The number of nitrogens with one attached hydrogen (secondary N) is 1. The highest BCUT2D eigenvalue weighted by Crippen LogP contribution is 2.25. The fourth-order valence-corrected chi connectivity index (χ4v) is 1.91. The number of hydrogen-bond donors (Lipinski definition) is 1. The molecule has 0 unspecified atom stereocenters. The largest absolute Gasteiger partial charge is 0.463 e. The van der Waals surface area contributed by atoms with Crippen LogP contribution in [0.1, 0.15) is 27.4 Å². The maximum Gasteiger partial charge on any atom is 0.374 e. The SMILES string of the molecule is COC(=O)c1nc(-c2cc(C)ccc2C)c(C)[nH]1. The summed E-state index contributed by atoms with van der Waals surface area (Å²) in [6.07, 6.45) is 0. The Hall–Kier alpha value is -2.10. The van der Waals surface area contributed by atoms with E-state index < -0.39 is 5.97 Å². The van der Waals surface area contributed by atoms with E-state index in [-0.39, 0.29) is 5.82 Å². The first-order valence-electron chi connectivity index (χ1n) is 5.75. The molecule has 0 spiro atoms. The molecular formula is C14H16N2O2. The van der Waals surface area contributed by atoms with Crippen LogP contribution in [0.4, 0.5) is 0 Å². The molecule has 0 bridgehead atoms. The molecule has 1 aromatic carbocycles. The van der Waals surface area contributed by atoms with Gasteiger partial charge in [0.1, 0.15) is 0 Å².